The first-order valence-corrected chi connectivity index (χ1v) is 6.44. The van der Waals surface area contributed by atoms with E-state index < -0.39 is 11.8 Å². The Morgan fingerprint density at radius 3 is 2.55 bits per heavy atom. The van der Waals surface area contributed by atoms with E-state index in [1.165, 1.54) is 12.1 Å². The molecule has 104 valence electrons. The minimum absolute atomic E-state index is 0.0704. The van der Waals surface area contributed by atoms with Crippen molar-refractivity contribution in [3.8, 4) is 0 Å². The highest BCUT2D eigenvalue weighted by molar-refractivity contribution is 6.30. The maximum absolute atomic E-state index is 13.3. The number of hydrogen-bond donors (Lipinski definition) is 2. The van der Waals surface area contributed by atoms with E-state index in [0.29, 0.717) is 17.3 Å². The number of aromatic carboxylic acids is 1. The molecule has 0 bridgehead atoms. The number of anilines is 1. The van der Waals surface area contributed by atoms with Crippen LogP contribution in [0.1, 0.15) is 15.9 Å². The summed E-state index contributed by atoms with van der Waals surface area (Å²) in [6, 6.07) is 11.1. The second-order valence-corrected chi connectivity index (χ2v) is 4.77. The summed E-state index contributed by atoms with van der Waals surface area (Å²) in [6.45, 7) is 0.574. The Morgan fingerprint density at radius 2 is 1.90 bits per heavy atom. The van der Waals surface area contributed by atoms with Crippen LogP contribution in [0.3, 0.4) is 0 Å². The number of benzene rings is 2. The molecule has 0 aliphatic rings. The van der Waals surface area contributed by atoms with Gasteiger partial charge in [0.15, 0.2) is 0 Å². The van der Waals surface area contributed by atoms with E-state index in [-0.39, 0.29) is 5.56 Å². The molecule has 0 saturated heterocycles. The smallest absolute Gasteiger partial charge is 0.335 e. The minimum atomic E-state index is -1.15. The summed E-state index contributed by atoms with van der Waals surface area (Å²) in [5, 5.41) is 12.5. The quantitative estimate of drug-likeness (QED) is 0.881. The minimum Gasteiger partial charge on any atom is -0.478 e. The van der Waals surface area contributed by atoms with Gasteiger partial charge in [0.1, 0.15) is 5.82 Å². The van der Waals surface area contributed by atoms with Crippen LogP contribution in [0.2, 0.25) is 5.02 Å². The maximum atomic E-state index is 13.3. The van der Waals surface area contributed by atoms with Crippen LogP contribution >= 0.6 is 11.6 Å². The van der Waals surface area contributed by atoms with E-state index in [9.17, 15) is 9.18 Å². The SMILES string of the molecule is O=C(O)c1cc(F)cc(NCCc2ccc(Cl)cc2)c1. The summed E-state index contributed by atoms with van der Waals surface area (Å²) >= 11 is 5.79. The molecular formula is C15H13ClFNO2. The van der Waals surface area contributed by atoms with Crippen LogP contribution in [-0.2, 0) is 6.42 Å². The van der Waals surface area contributed by atoms with Crippen LogP contribution in [0, 0.1) is 5.82 Å². The Morgan fingerprint density at radius 1 is 1.20 bits per heavy atom. The van der Waals surface area contributed by atoms with Crippen LogP contribution in [0.15, 0.2) is 42.5 Å². The van der Waals surface area contributed by atoms with Crippen molar-refractivity contribution in [2.24, 2.45) is 0 Å². The van der Waals surface area contributed by atoms with Crippen molar-refractivity contribution < 1.29 is 14.3 Å². The molecule has 0 heterocycles. The molecular weight excluding hydrogens is 281 g/mol. The predicted octanol–water partition coefficient (Wildman–Crippen LogP) is 3.83. The van der Waals surface area contributed by atoms with Gasteiger partial charge in [-0.3, -0.25) is 0 Å². The van der Waals surface area contributed by atoms with Crippen molar-refractivity contribution >= 4 is 23.3 Å². The highest BCUT2D eigenvalue weighted by Crippen LogP contribution is 2.15. The van der Waals surface area contributed by atoms with Crippen molar-refractivity contribution in [2.45, 2.75) is 6.42 Å². The van der Waals surface area contributed by atoms with Crippen molar-refractivity contribution in [3.05, 3.63) is 64.4 Å². The molecule has 3 nitrogen and oxygen atoms in total. The number of hydrogen-bond acceptors (Lipinski definition) is 2. The molecule has 2 aromatic rings. The Kier molecular flexibility index (Phi) is 4.58. The number of carbonyl (C=O) groups is 1. The predicted molar refractivity (Wildman–Crippen MR) is 77.0 cm³/mol. The van der Waals surface area contributed by atoms with Gasteiger partial charge in [0.25, 0.3) is 0 Å². The average Bonchev–Trinajstić information content (AvgIpc) is 2.40. The molecule has 2 aromatic carbocycles. The van der Waals surface area contributed by atoms with Gasteiger partial charge in [-0.2, -0.15) is 0 Å². The van der Waals surface area contributed by atoms with E-state index >= 15 is 0 Å². The average molecular weight is 294 g/mol. The Hall–Kier alpha value is -2.07. The van der Waals surface area contributed by atoms with E-state index in [1.54, 1.807) is 0 Å². The summed E-state index contributed by atoms with van der Waals surface area (Å²) < 4.78 is 13.3. The third-order valence-corrected chi connectivity index (χ3v) is 3.05. The lowest BCUT2D eigenvalue weighted by Gasteiger charge is -2.08. The van der Waals surface area contributed by atoms with Gasteiger partial charge in [-0.15, -0.1) is 0 Å². The lowest BCUT2D eigenvalue weighted by atomic mass is 10.1. The molecule has 0 aliphatic carbocycles. The number of carboxylic acids is 1. The number of rotatable bonds is 5. The standard InChI is InChI=1S/C15H13ClFNO2/c16-12-3-1-10(2-4-12)5-6-18-14-8-11(15(19)20)7-13(17)9-14/h1-4,7-9,18H,5-6H2,(H,19,20). The molecule has 2 rings (SSSR count). The van der Waals surface area contributed by atoms with Crippen LogP contribution in [0.25, 0.3) is 0 Å². The topological polar surface area (TPSA) is 49.3 Å². The molecule has 0 amide bonds. The first-order chi connectivity index (χ1) is 9.54. The van der Waals surface area contributed by atoms with E-state index in [0.717, 1.165) is 18.1 Å². The zero-order valence-corrected chi connectivity index (χ0v) is 11.3. The van der Waals surface area contributed by atoms with Gasteiger partial charge in [0.05, 0.1) is 5.56 Å². The molecule has 0 aromatic heterocycles. The summed E-state index contributed by atoms with van der Waals surface area (Å²) in [4.78, 5) is 10.8. The summed E-state index contributed by atoms with van der Waals surface area (Å²) in [5.74, 6) is -1.72. The number of halogens is 2. The van der Waals surface area contributed by atoms with Gasteiger partial charge >= 0.3 is 5.97 Å². The normalized spacial score (nSPS) is 10.3. The van der Waals surface area contributed by atoms with Gasteiger partial charge in [0.2, 0.25) is 0 Å². The molecule has 0 aliphatic heterocycles. The van der Waals surface area contributed by atoms with E-state index in [4.69, 9.17) is 16.7 Å². The Bertz CT molecular complexity index is 614. The van der Waals surface area contributed by atoms with E-state index in [2.05, 4.69) is 5.32 Å². The first kappa shape index (κ1) is 14.3. The second kappa shape index (κ2) is 6.39. The summed E-state index contributed by atoms with van der Waals surface area (Å²) in [7, 11) is 0. The van der Waals surface area contributed by atoms with Crippen molar-refractivity contribution in [1.82, 2.24) is 0 Å². The van der Waals surface area contributed by atoms with Gasteiger partial charge in [0, 0.05) is 17.3 Å². The number of carboxylic acid groups (broad SMARTS) is 1. The molecule has 2 N–H and O–H groups in total. The number of nitrogens with one attached hydrogen (secondary N) is 1. The van der Waals surface area contributed by atoms with Gasteiger partial charge in [-0.25, -0.2) is 9.18 Å². The van der Waals surface area contributed by atoms with Gasteiger partial charge in [-0.1, -0.05) is 23.7 Å². The van der Waals surface area contributed by atoms with Crippen LogP contribution in [-0.4, -0.2) is 17.6 Å². The fourth-order valence-electron chi connectivity index (χ4n) is 1.82. The maximum Gasteiger partial charge on any atom is 0.335 e. The first-order valence-electron chi connectivity index (χ1n) is 6.07. The van der Waals surface area contributed by atoms with Crippen molar-refractivity contribution in [1.29, 1.82) is 0 Å². The lowest BCUT2D eigenvalue weighted by Crippen LogP contribution is -2.06. The third-order valence-electron chi connectivity index (χ3n) is 2.80. The second-order valence-electron chi connectivity index (χ2n) is 4.34. The van der Waals surface area contributed by atoms with Crippen LogP contribution in [0.5, 0.6) is 0 Å². The molecule has 0 saturated carbocycles. The van der Waals surface area contributed by atoms with Crippen LogP contribution < -0.4 is 5.32 Å². The van der Waals surface area contributed by atoms with Gasteiger partial charge < -0.3 is 10.4 Å². The summed E-state index contributed by atoms with van der Waals surface area (Å²) in [5.41, 5.74) is 1.48. The molecule has 0 fully saturated rings. The zero-order valence-electron chi connectivity index (χ0n) is 10.6. The molecule has 5 heteroatoms. The molecule has 0 radical (unpaired) electrons. The molecule has 0 unspecified atom stereocenters. The Labute approximate surface area is 121 Å². The fourth-order valence-corrected chi connectivity index (χ4v) is 1.94. The fraction of sp³-hybridized carbons (Fsp3) is 0.133. The Balaban J connectivity index is 1.97. The molecule has 0 atom stereocenters. The zero-order chi connectivity index (χ0) is 14.5. The largest absolute Gasteiger partial charge is 0.478 e. The highest BCUT2D eigenvalue weighted by Gasteiger charge is 2.06. The van der Waals surface area contributed by atoms with Crippen molar-refractivity contribution in [2.75, 3.05) is 11.9 Å². The van der Waals surface area contributed by atoms with Gasteiger partial charge in [-0.05, 0) is 42.3 Å². The highest BCUT2D eigenvalue weighted by atomic mass is 35.5. The van der Waals surface area contributed by atoms with Crippen molar-refractivity contribution in [3.63, 3.8) is 0 Å². The monoisotopic (exact) mass is 293 g/mol. The third kappa shape index (κ3) is 3.96. The summed E-state index contributed by atoms with van der Waals surface area (Å²) in [6.07, 6.45) is 0.732. The van der Waals surface area contributed by atoms with E-state index in [1.807, 2.05) is 24.3 Å². The molecule has 0 spiro atoms. The molecule has 20 heavy (non-hydrogen) atoms. The lowest BCUT2D eigenvalue weighted by molar-refractivity contribution is 0.0696. The van der Waals surface area contributed by atoms with Crippen LogP contribution in [0.4, 0.5) is 10.1 Å².